The highest BCUT2D eigenvalue weighted by molar-refractivity contribution is 5.93. The van der Waals surface area contributed by atoms with E-state index in [0.717, 1.165) is 11.1 Å². The Morgan fingerprint density at radius 2 is 2.00 bits per heavy atom. The molecule has 3 N–H and O–H groups in total. The van der Waals surface area contributed by atoms with Gasteiger partial charge in [-0.3, -0.25) is 4.98 Å². The first kappa shape index (κ1) is 10.2. The maximum absolute atomic E-state index is 10.8. The molecule has 16 heavy (non-hydrogen) atoms. The molecule has 1 aromatic carbocycles. The molecule has 4 heteroatoms. The van der Waals surface area contributed by atoms with Crippen LogP contribution in [0.15, 0.2) is 48.8 Å². The average molecular weight is 213 g/mol. The second-order valence-corrected chi connectivity index (χ2v) is 3.28. The number of nitrogens with two attached hydrogens (primary N) is 1. The monoisotopic (exact) mass is 213 g/mol. The summed E-state index contributed by atoms with van der Waals surface area (Å²) in [7, 11) is 0. The largest absolute Gasteiger partial charge is 0.351 e. The molecule has 0 saturated carbocycles. The van der Waals surface area contributed by atoms with E-state index < -0.39 is 6.03 Å². The molecule has 0 atom stereocenters. The molecule has 1 aromatic heterocycles. The number of nitrogens with zero attached hydrogens (tertiary/aromatic N) is 1. The van der Waals surface area contributed by atoms with Gasteiger partial charge in [0.2, 0.25) is 0 Å². The minimum absolute atomic E-state index is 0.573. The predicted octanol–water partition coefficient (Wildman–Crippen LogP) is 2.24. The summed E-state index contributed by atoms with van der Waals surface area (Å²) in [5.74, 6) is 0. The summed E-state index contributed by atoms with van der Waals surface area (Å²) in [6.45, 7) is 0. The fourth-order valence-electron chi connectivity index (χ4n) is 1.50. The van der Waals surface area contributed by atoms with E-state index in [9.17, 15) is 4.79 Å². The number of rotatable bonds is 2. The number of para-hydroxylation sites is 1. The van der Waals surface area contributed by atoms with Gasteiger partial charge < -0.3 is 11.1 Å². The minimum atomic E-state index is -0.573. The van der Waals surface area contributed by atoms with Crippen LogP contribution in [-0.4, -0.2) is 11.0 Å². The van der Waals surface area contributed by atoms with Crippen molar-refractivity contribution in [3.05, 3.63) is 48.8 Å². The van der Waals surface area contributed by atoms with Crippen LogP contribution in [0.4, 0.5) is 10.5 Å². The molecule has 0 unspecified atom stereocenters. The number of aromatic nitrogens is 1. The number of anilines is 1. The number of primary amides is 1. The highest BCUT2D eigenvalue weighted by Gasteiger charge is 2.05. The van der Waals surface area contributed by atoms with Crippen molar-refractivity contribution in [1.82, 2.24) is 4.98 Å². The fourth-order valence-corrected chi connectivity index (χ4v) is 1.50. The Labute approximate surface area is 93.1 Å². The Bertz CT molecular complexity index is 497. The van der Waals surface area contributed by atoms with E-state index in [0.29, 0.717) is 5.69 Å². The number of hydrogen-bond acceptors (Lipinski definition) is 2. The van der Waals surface area contributed by atoms with Crippen LogP contribution in [-0.2, 0) is 0 Å². The number of nitrogens with one attached hydrogen (secondary N) is 1. The van der Waals surface area contributed by atoms with Crippen molar-refractivity contribution in [1.29, 1.82) is 0 Å². The van der Waals surface area contributed by atoms with Crippen LogP contribution in [0.3, 0.4) is 0 Å². The number of urea groups is 1. The molecule has 80 valence electrons. The summed E-state index contributed by atoms with van der Waals surface area (Å²) in [6, 6.07) is 10.6. The first-order valence-electron chi connectivity index (χ1n) is 4.83. The van der Waals surface area contributed by atoms with Crippen molar-refractivity contribution in [2.45, 2.75) is 0 Å². The number of pyridine rings is 1. The molecule has 0 spiro atoms. The van der Waals surface area contributed by atoms with E-state index in [1.54, 1.807) is 18.5 Å². The first-order chi connectivity index (χ1) is 7.77. The van der Waals surface area contributed by atoms with E-state index in [1.165, 1.54) is 0 Å². The van der Waals surface area contributed by atoms with Gasteiger partial charge in [-0.1, -0.05) is 24.3 Å². The molecule has 2 amide bonds. The lowest BCUT2D eigenvalue weighted by Crippen LogP contribution is -2.19. The molecular weight excluding hydrogens is 202 g/mol. The lowest BCUT2D eigenvalue weighted by atomic mass is 10.1. The van der Waals surface area contributed by atoms with E-state index in [2.05, 4.69) is 10.3 Å². The quantitative estimate of drug-likeness (QED) is 0.803. The molecule has 0 aliphatic rings. The average Bonchev–Trinajstić information content (AvgIpc) is 2.30. The molecule has 0 aliphatic carbocycles. The van der Waals surface area contributed by atoms with E-state index in [4.69, 9.17) is 5.73 Å². The maximum Gasteiger partial charge on any atom is 0.316 e. The normalized spacial score (nSPS) is 9.75. The molecule has 0 bridgehead atoms. The van der Waals surface area contributed by atoms with Gasteiger partial charge in [-0.05, 0) is 12.1 Å². The smallest absolute Gasteiger partial charge is 0.316 e. The van der Waals surface area contributed by atoms with Crippen LogP contribution in [0, 0.1) is 0 Å². The van der Waals surface area contributed by atoms with Crippen LogP contribution in [0.5, 0.6) is 0 Å². The first-order valence-corrected chi connectivity index (χ1v) is 4.83. The molecule has 2 rings (SSSR count). The zero-order chi connectivity index (χ0) is 11.4. The Balaban J connectivity index is 2.44. The SMILES string of the molecule is NC(=O)Nc1ccccc1-c1cccnc1. The zero-order valence-corrected chi connectivity index (χ0v) is 8.55. The van der Waals surface area contributed by atoms with Gasteiger partial charge in [0.15, 0.2) is 0 Å². The Morgan fingerprint density at radius 3 is 2.69 bits per heavy atom. The van der Waals surface area contributed by atoms with Crippen LogP contribution >= 0.6 is 0 Å². The van der Waals surface area contributed by atoms with Gasteiger partial charge in [-0.25, -0.2) is 4.79 Å². The predicted molar refractivity (Wildman–Crippen MR) is 62.9 cm³/mol. The van der Waals surface area contributed by atoms with Crippen molar-refractivity contribution < 1.29 is 4.79 Å². The van der Waals surface area contributed by atoms with Crippen molar-refractivity contribution in [3.63, 3.8) is 0 Å². The zero-order valence-electron chi connectivity index (χ0n) is 8.55. The second kappa shape index (κ2) is 4.44. The number of benzene rings is 1. The van der Waals surface area contributed by atoms with Crippen LogP contribution < -0.4 is 11.1 Å². The third-order valence-electron chi connectivity index (χ3n) is 2.16. The van der Waals surface area contributed by atoms with Crippen molar-refractivity contribution in [2.24, 2.45) is 5.73 Å². The number of carbonyl (C=O) groups is 1. The van der Waals surface area contributed by atoms with Gasteiger partial charge in [-0.15, -0.1) is 0 Å². The van der Waals surface area contributed by atoms with Gasteiger partial charge in [0.05, 0.1) is 5.69 Å². The van der Waals surface area contributed by atoms with Gasteiger partial charge in [0, 0.05) is 23.5 Å². The van der Waals surface area contributed by atoms with Crippen LogP contribution in [0.25, 0.3) is 11.1 Å². The molecule has 0 aliphatic heterocycles. The van der Waals surface area contributed by atoms with Gasteiger partial charge >= 0.3 is 6.03 Å². The number of hydrogen-bond donors (Lipinski definition) is 2. The summed E-state index contributed by atoms with van der Waals surface area (Å²) in [5.41, 5.74) is 7.62. The third kappa shape index (κ3) is 2.17. The molecule has 0 radical (unpaired) electrons. The van der Waals surface area contributed by atoms with Gasteiger partial charge in [0.1, 0.15) is 0 Å². The summed E-state index contributed by atoms with van der Waals surface area (Å²) in [4.78, 5) is 14.9. The van der Waals surface area contributed by atoms with Gasteiger partial charge in [0.25, 0.3) is 0 Å². The maximum atomic E-state index is 10.8. The standard InChI is InChI=1S/C12H11N3O/c13-12(16)15-11-6-2-1-5-10(11)9-4-3-7-14-8-9/h1-8H,(H3,13,15,16). The summed E-state index contributed by atoms with van der Waals surface area (Å²) in [5, 5.41) is 2.58. The second-order valence-electron chi connectivity index (χ2n) is 3.28. The molecule has 2 aromatic rings. The van der Waals surface area contributed by atoms with Gasteiger partial charge in [-0.2, -0.15) is 0 Å². The number of carbonyl (C=O) groups excluding carboxylic acids is 1. The molecule has 4 nitrogen and oxygen atoms in total. The summed E-state index contributed by atoms with van der Waals surface area (Å²) < 4.78 is 0. The van der Waals surface area contributed by atoms with Crippen molar-refractivity contribution >= 4 is 11.7 Å². The third-order valence-corrected chi connectivity index (χ3v) is 2.16. The van der Waals surface area contributed by atoms with Crippen LogP contribution in [0.1, 0.15) is 0 Å². The van der Waals surface area contributed by atoms with E-state index in [-0.39, 0.29) is 0 Å². The lowest BCUT2D eigenvalue weighted by molar-refractivity contribution is 0.259. The molecule has 0 fully saturated rings. The topological polar surface area (TPSA) is 68.0 Å². The Kier molecular flexibility index (Phi) is 2.82. The van der Waals surface area contributed by atoms with Crippen LogP contribution in [0.2, 0.25) is 0 Å². The highest BCUT2D eigenvalue weighted by atomic mass is 16.2. The Hall–Kier alpha value is -2.36. The summed E-state index contributed by atoms with van der Waals surface area (Å²) >= 11 is 0. The summed E-state index contributed by atoms with van der Waals surface area (Å²) in [6.07, 6.45) is 3.44. The minimum Gasteiger partial charge on any atom is -0.351 e. The number of amides is 2. The molecule has 1 heterocycles. The van der Waals surface area contributed by atoms with E-state index in [1.807, 2.05) is 30.3 Å². The molecule has 0 saturated heterocycles. The van der Waals surface area contributed by atoms with Crippen molar-refractivity contribution in [3.8, 4) is 11.1 Å². The highest BCUT2D eigenvalue weighted by Crippen LogP contribution is 2.26. The molecular formula is C12H11N3O. The fraction of sp³-hybridized carbons (Fsp3) is 0. The van der Waals surface area contributed by atoms with Crippen molar-refractivity contribution in [2.75, 3.05) is 5.32 Å². The lowest BCUT2D eigenvalue weighted by Gasteiger charge is -2.08. The Morgan fingerprint density at radius 1 is 1.19 bits per heavy atom. The van der Waals surface area contributed by atoms with E-state index >= 15 is 0 Å².